The van der Waals surface area contributed by atoms with Crippen molar-refractivity contribution in [1.82, 2.24) is 0 Å². The maximum Gasteiger partial charge on any atom is 0 e. The Balaban J connectivity index is -0.0000000432. The fourth-order valence-electron chi connectivity index (χ4n) is 1.68. The summed E-state index contributed by atoms with van der Waals surface area (Å²) in [5.74, 6) is 0. The van der Waals surface area contributed by atoms with E-state index in [-0.39, 0.29) is 35.3 Å². The number of hydrogen-bond acceptors (Lipinski definition) is 11. The second-order valence-electron chi connectivity index (χ2n) is 7.60. The number of aliphatic hydroxyl groups is 1. The van der Waals surface area contributed by atoms with E-state index in [1.165, 1.54) is 0 Å². The predicted molar refractivity (Wildman–Crippen MR) is 146 cm³/mol. The van der Waals surface area contributed by atoms with Crippen molar-refractivity contribution in [1.29, 1.82) is 0 Å². The average molecular weight is 859 g/mol. The molecule has 0 fully saturated rings. The maximum atomic E-state index is 8.57. The smallest absolute Gasteiger partial charge is 0 e. The molecule has 228 valence electrons. The molecule has 0 aliphatic rings. The first-order valence-electron chi connectivity index (χ1n) is 9.02. The van der Waals surface area contributed by atoms with Gasteiger partial charge in [0, 0.05) is 27.5 Å². The summed E-state index contributed by atoms with van der Waals surface area (Å²) in [5, 5.41) is 34.3. The van der Waals surface area contributed by atoms with Gasteiger partial charge in [0.2, 0.25) is 0 Å². The van der Waals surface area contributed by atoms with Crippen LogP contribution in [0.1, 0.15) is 14.9 Å². The summed E-state index contributed by atoms with van der Waals surface area (Å²) in [4.78, 5) is 24.7. The van der Waals surface area contributed by atoms with Crippen LogP contribution >= 0.6 is 8.13 Å². The Morgan fingerprint density at radius 1 is 0.861 bits per heavy atom. The first kappa shape index (κ1) is 61.4. The topological polar surface area (TPSA) is 229 Å². The largest absolute Gasteiger partial charge is 0 e. The van der Waals surface area contributed by atoms with E-state index in [2.05, 4.69) is 58.9 Å². The summed E-state index contributed by atoms with van der Waals surface area (Å²) < 4.78 is 35.4. The van der Waals surface area contributed by atoms with Crippen LogP contribution in [0.5, 0.6) is 0 Å². The molecule has 0 saturated heterocycles. The molecule has 0 rings (SSSR count). The standard InChI is InChI=1S/C9H28O3Si4.CH7OPSi.CH4O.2CH4.Ce.2HNO3.2O.Pd/c1-13(10-14(2,3)4)11-16(8,9)12-15(5,6)7;1-3-4-2;1-2;;;;2*2-1(3)4;;;/h13H,1-9H3;2-3H,4H2,1H3;2H,1H3;2*1H4;;2*(H,2,3,4);;;. The van der Waals surface area contributed by atoms with Crippen molar-refractivity contribution < 1.29 is 103 Å². The predicted octanol–water partition coefficient (Wildman–Crippen LogP) is 2.49. The van der Waals surface area contributed by atoms with Crippen molar-refractivity contribution in [3.63, 3.8) is 0 Å². The average Bonchev–Trinajstić information content (AvgIpc) is 2.51. The summed E-state index contributed by atoms with van der Waals surface area (Å²) in [6.45, 7) is 21.6. The van der Waals surface area contributed by atoms with Crippen molar-refractivity contribution in [2.24, 2.45) is 0 Å². The van der Waals surface area contributed by atoms with Crippen molar-refractivity contribution in [2.75, 3.05) is 13.8 Å². The molecule has 4 N–H and O–H groups in total. The van der Waals surface area contributed by atoms with Crippen molar-refractivity contribution in [2.45, 2.75) is 73.8 Å². The van der Waals surface area contributed by atoms with Crippen molar-refractivity contribution in [3.05, 3.63) is 20.2 Å². The normalized spacial score (nSPS) is 10.5. The quantitative estimate of drug-likeness (QED) is 0.125. The zero-order chi connectivity index (χ0) is 28.5. The first-order valence-corrected chi connectivity index (χ1v) is 27.8. The summed E-state index contributed by atoms with van der Waals surface area (Å²) in [7, 11) is -5.18. The number of aliphatic hydroxyl groups excluding tert-OH is 1. The van der Waals surface area contributed by atoms with Crippen molar-refractivity contribution in [3.8, 4) is 0 Å². The molecule has 0 radical (unpaired) electrons. The molecule has 36 heavy (non-hydrogen) atoms. The second-order valence-corrected chi connectivity index (χ2v) is 27.3. The van der Waals surface area contributed by atoms with Crippen LogP contribution in [-0.2, 0) is 34.6 Å². The molecule has 0 aromatic carbocycles. The fourth-order valence-corrected chi connectivity index (χ4v) is 16.0. The SMILES string of the molecule is C.C.CO.CP[SiH2]O.C[SiH](O[Si](C)(C)C)O[Si](C)(C)O[Si](C)(C)C.O=[N+]([O-])O.O=[N+]([O-])O.[O]=[Ce]=[O].[Pd]. The van der Waals surface area contributed by atoms with Crippen LogP contribution in [0.15, 0.2) is 0 Å². The minimum absolute atomic E-state index is 0. The molecule has 2 atom stereocenters. The molecule has 2 unspecified atom stereocenters. The van der Waals surface area contributed by atoms with Gasteiger partial charge in [-0.2, -0.15) is 0 Å². The molecule has 0 amide bonds. The molecule has 0 aliphatic heterocycles. The zero-order valence-electron chi connectivity index (χ0n) is 21.5. The van der Waals surface area contributed by atoms with Gasteiger partial charge < -0.3 is 32.7 Å². The molecule has 0 aromatic heterocycles. The van der Waals surface area contributed by atoms with Gasteiger partial charge in [0.25, 0.3) is 19.5 Å². The number of hydrogen-bond donors (Lipinski definition) is 4. The van der Waals surface area contributed by atoms with Crippen molar-refractivity contribution >= 4 is 52.0 Å². The third kappa shape index (κ3) is 124. The third-order valence-corrected chi connectivity index (χ3v) is 15.1. The van der Waals surface area contributed by atoms with E-state index in [1.807, 2.05) is 6.66 Å². The van der Waals surface area contributed by atoms with E-state index < -0.39 is 91.9 Å². The van der Waals surface area contributed by atoms with Gasteiger partial charge in [-0.25, -0.2) is 0 Å². The third-order valence-electron chi connectivity index (χ3n) is 1.68. The van der Waals surface area contributed by atoms with E-state index in [9.17, 15) is 0 Å². The van der Waals surface area contributed by atoms with Gasteiger partial charge in [0.1, 0.15) is 0 Å². The second kappa shape index (κ2) is 38.5. The molecule has 0 aliphatic carbocycles. The Kier molecular flexibility index (Phi) is 65.7. The zero-order valence-corrected chi connectivity index (χ0v) is 32.7. The Morgan fingerprint density at radius 3 is 1.22 bits per heavy atom. The van der Waals surface area contributed by atoms with Gasteiger partial charge in [-0.3, -0.25) is 0 Å². The minimum Gasteiger partial charge on any atom is 0 e. The maximum absolute atomic E-state index is 8.57. The molecule has 0 spiro atoms. The summed E-state index contributed by atoms with van der Waals surface area (Å²) in [6, 6.07) is 0. The van der Waals surface area contributed by atoms with Gasteiger partial charge in [-0.1, -0.05) is 14.9 Å². The molecule has 0 saturated carbocycles. The van der Waals surface area contributed by atoms with Crippen LogP contribution in [-0.4, -0.2) is 88.2 Å². The number of nitrogens with zero attached hydrogens (tertiary/aromatic N) is 2. The Bertz CT molecular complexity index is 494. The minimum atomic E-state index is -2.42. The molecular weight excluding hydrogens is 810 g/mol. The van der Waals surface area contributed by atoms with Crippen LogP contribution in [0.25, 0.3) is 0 Å². The van der Waals surface area contributed by atoms with E-state index in [0.29, 0.717) is 0 Å². The van der Waals surface area contributed by atoms with Crippen LogP contribution in [0.2, 0.25) is 58.9 Å². The number of rotatable bonds is 7. The van der Waals surface area contributed by atoms with Crippen LogP contribution in [0, 0.1) is 58.0 Å². The fraction of sp³-hybridized carbons (Fsp3) is 1.00. The summed E-state index contributed by atoms with van der Waals surface area (Å²) in [6.07, 6.45) is 0. The van der Waals surface area contributed by atoms with E-state index >= 15 is 0 Å². The van der Waals surface area contributed by atoms with E-state index in [1.54, 1.807) is 0 Å². The Labute approximate surface area is 260 Å². The molecule has 15 nitrogen and oxygen atoms in total. The van der Waals surface area contributed by atoms with Crippen LogP contribution in [0.3, 0.4) is 0 Å². The molecule has 0 heterocycles. The monoisotopic (exact) mass is 858 g/mol. The van der Waals surface area contributed by atoms with Gasteiger partial charge in [0.05, 0.1) is 0 Å². The van der Waals surface area contributed by atoms with E-state index in [4.69, 9.17) is 54.8 Å². The summed E-state index contributed by atoms with van der Waals surface area (Å²) in [5.41, 5.74) is 0. The molecule has 0 bridgehead atoms. The van der Waals surface area contributed by atoms with Gasteiger partial charge in [0.15, 0.2) is 26.1 Å². The van der Waals surface area contributed by atoms with Crippen LogP contribution in [0.4, 0.5) is 0 Å². The molecule has 0 aromatic rings. The Morgan fingerprint density at radius 2 is 1.08 bits per heavy atom. The summed E-state index contributed by atoms with van der Waals surface area (Å²) >= 11 is -2.42. The molecular formula is C13H49CeN2O13PPdSi5. The molecule has 23 heteroatoms. The first-order chi connectivity index (χ1) is 14.6. The Hall–Kier alpha value is 1.35. The van der Waals surface area contributed by atoms with Gasteiger partial charge >= 0.3 is 48.2 Å². The van der Waals surface area contributed by atoms with Gasteiger partial charge in [-0.05, 0) is 65.6 Å². The van der Waals surface area contributed by atoms with Gasteiger partial charge in [-0.15, -0.1) is 28.4 Å². The van der Waals surface area contributed by atoms with Crippen LogP contribution < -0.4 is 0 Å². The van der Waals surface area contributed by atoms with E-state index in [0.717, 1.165) is 15.2 Å².